The molecule has 0 saturated heterocycles. The van der Waals surface area contributed by atoms with E-state index < -0.39 is 9.84 Å². The van der Waals surface area contributed by atoms with Crippen LogP contribution in [0.1, 0.15) is 35.3 Å². The molecule has 2 heterocycles. The molecule has 0 aliphatic carbocycles. The Bertz CT molecular complexity index is 1330. The molecule has 1 aliphatic heterocycles. The summed E-state index contributed by atoms with van der Waals surface area (Å²) in [7, 11) is -3.78. The van der Waals surface area contributed by atoms with Crippen LogP contribution >= 0.6 is 11.3 Å². The van der Waals surface area contributed by atoms with Crippen LogP contribution < -0.4 is 14.8 Å². The normalized spacial score (nSPS) is 15.3. The molecular weight excluding hydrogens is 458 g/mol. The van der Waals surface area contributed by atoms with Crippen molar-refractivity contribution in [3.05, 3.63) is 63.8 Å². The number of carbonyl (C=O) groups is 1. The van der Waals surface area contributed by atoms with Crippen LogP contribution in [0.3, 0.4) is 0 Å². The maximum absolute atomic E-state index is 13.3. The van der Waals surface area contributed by atoms with Gasteiger partial charge < -0.3 is 14.8 Å². The second-order valence-electron chi connectivity index (χ2n) is 7.59. The molecule has 1 N–H and O–H groups in total. The summed E-state index contributed by atoms with van der Waals surface area (Å²) < 4.78 is 37.9. The topological polar surface area (TPSA) is 81.7 Å². The summed E-state index contributed by atoms with van der Waals surface area (Å²) in [4.78, 5) is 13.7. The molecule has 1 amide bonds. The van der Waals surface area contributed by atoms with Gasteiger partial charge in [0.2, 0.25) is 15.7 Å². The van der Waals surface area contributed by atoms with Crippen molar-refractivity contribution in [3.63, 3.8) is 0 Å². The number of hydrogen-bond donors (Lipinski definition) is 1. The van der Waals surface area contributed by atoms with Crippen molar-refractivity contribution in [1.29, 1.82) is 0 Å². The molecule has 1 atom stereocenters. The molecule has 0 radical (unpaired) electrons. The quantitative estimate of drug-likeness (QED) is 0.492. The molecule has 33 heavy (non-hydrogen) atoms. The number of benzene rings is 2. The maximum Gasteiger partial charge on any atom is 0.225 e. The van der Waals surface area contributed by atoms with Gasteiger partial charge in [-0.2, -0.15) is 0 Å². The number of thiophene rings is 1. The van der Waals surface area contributed by atoms with E-state index in [1.54, 1.807) is 35.7 Å². The highest BCUT2D eigenvalue weighted by molar-refractivity contribution is 7.91. The Labute approximate surface area is 197 Å². The van der Waals surface area contributed by atoms with Crippen molar-refractivity contribution in [3.8, 4) is 23.8 Å². The Balaban J connectivity index is 1.76. The van der Waals surface area contributed by atoms with Gasteiger partial charge in [0, 0.05) is 22.6 Å². The minimum Gasteiger partial charge on any atom is -0.490 e. The summed E-state index contributed by atoms with van der Waals surface area (Å²) in [6.45, 7) is 4.31. The van der Waals surface area contributed by atoms with Gasteiger partial charge in [0.05, 0.1) is 17.2 Å². The van der Waals surface area contributed by atoms with Gasteiger partial charge in [-0.15, -0.1) is 17.8 Å². The SMILES string of the molecule is C#CCOc1ccc([C@H]2CC(=O)Nc3c(S(=O)(=O)c4ccc(C)cc4)csc32)cc1OCC. The first-order valence-corrected chi connectivity index (χ1v) is 12.8. The lowest BCUT2D eigenvalue weighted by molar-refractivity contribution is -0.116. The Morgan fingerprint density at radius 2 is 1.91 bits per heavy atom. The number of fused-ring (bicyclic) bond motifs is 1. The molecule has 2 aromatic carbocycles. The Morgan fingerprint density at radius 3 is 2.61 bits per heavy atom. The van der Waals surface area contributed by atoms with E-state index in [0.29, 0.717) is 23.8 Å². The van der Waals surface area contributed by atoms with Gasteiger partial charge >= 0.3 is 0 Å². The van der Waals surface area contributed by atoms with E-state index in [1.807, 2.05) is 26.0 Å². The third-order valence-corrected chi connectivity index (χ3v) is 8.40. The summed E-state index contributed by atoms with van der Waals surface area (Å²) in [5, 5.41) is 4.39. The van der Waals surface area contributed by atoms with Crippen LogP contribution in [0.4, 0.5) is 5.69 Å². The number of sulfone groups is 1. The van der Waals surface area contributed by atoms with Crippen molar-refractivity contribution in [2.45, 2.75) is 36.0 Å². The average Bonchev–Trinajstić information content (AvgIpc) is 3.23. The Hall–Kier alpha value is -3.28. The van der Waals surface area contributed by atoms with Crippen LogP contribution in [0.5, 0.6) is 11.5 Å². The van der Waals surface area contributed by atoms with Crippen LogP contribution in [0.2, 0.25) is 0 Å². The van der Waals surface area contributed by atoms with Crippen LogP contribution in [0.15, 0.2) is 57.6 Å². The number of nitrogens with one attached hydrogen (secondary N) is 1. The lowest BCUT2D eigenvalue weighted by Gasteiger charge is -2.24. The van der Waals surface area contributed by atoms with E-state index in [9.17, 15) is 13.2 Å². The summed E-state index contributed by atoms with van der Waals surface area (Å²) in [6, 6.07) is 12.1. The number of hydrogen-bond acceptors (Lipinski definition) is 6. The van der Waals surface area contributed by atoms with Gasteiger partial charge in [-0.1, -0.05) is 29.7 Å². The van der Waals surface area contributed by atoms with Gasteiger partial charge in [-0.05, 0) is 43.7 Å². The zero-order chi connectivity index (χ0) is 23.6. The van der Waals surface area contributed by atoms with E-state index in [4.69, 9.17) is 15.9 Å². The summed E-state index contributed by atoms with van der Waals surface area (Å²) in [6.07, 6.45) is 5.50. The fourth-order valence-electron chi connectivity index (χ4n) is 3.76. The smallest absolute Gasteiger partial charge is 0.225 e. The fourth-order valence-corrected chi connectivity index (χ4v) is 6.67. The highest BCUT2D eigenvalue weighted by Crippen LogP contribution is 2.47. The molecule has 6 nitrogen and oxygen atoms in total. The van der Waals surface area contributed by atoms with Crippen LogP contribution in [0.25, 0.3) is 0 Å². The molecule has 170 valence electrons. The first-order chi connectivity index (χ1) is 15.8. The summed E-state index contributed by atoms with van der Waals surface area (Å²) in [5.41, 5.74) is 2.16. The number of rotatable bonds is 7. The lowest BCUT2D eigenvalue weighted by Crippen LogP contribution is -2.23. The third kappa shape index (κ3) is 4.47. The minimum atomic E-state index is -3.78. The highest BCUT2D eigenvalue weighted by atomic mass is 32.2. The molecule has 4 rings (SSSR count). The largest absolute Gasteiger partial charge is 0.490 e. The average molecular weight is 482 g/mol. The van der Waals surface area contributed by atoms with Gasteiger partial charge in [0.1, 0.15) is 11.5 Å². The number of aryl methyl sites for hydroxylation is 1. The van der Waals surface area contributed by atoms with E-state index in [1.165, 1.54) is 11.3 Å². The van der Waals surface area contributed by atoms with Crippen molar-refractivity contribution < 1.29 is 22.7 Å². The monoisotopic (exact) mass is 481 g/mol. The van der Waals surface area contributed by atoms with Crippen molar-refractivity contribution >= 4 is 32.8 Å². The number of ether oxygens (including phenoxy) is 2. The standard InChI is InChI=1S/C25H23NO5S2/c1-4-12-31-20-11-8-17(13-21(20)30-5-2)19-14-23(27)26-24-22(15-32-25(19)24)33(28,29)18-9-6-16(3)7-10-18/h1,6-11,13,15,19H,5,12,14H2,2-3H3,(H,26,27)/t19-/m1/s1. The number of carbonyl (C=O) groups excluding carboxylic acids is 1. The van der Waals surface area contributed by atoms with E-state index in [-0.39, 0.29) is 34.6 Å². The molecule has 0 spiro atoms. The predicted octanol–water partition coefficient (Wildman–Crippen LogP) is 4.77. The van der Waals surface area contributed by atoms with Crippen molar-refractivity contribution in [2.24, 2.45) is 0 Å². The second kappa shape index (κ2) is 9.30. The Kier molecular flexibility index (Phi) is 6.45. The summed E-state index contributed by atoms with van der Waals surface area (Å²) >= 11 is 1.33. The fraction of sp³-hybridized carbons (Fsp3) is 0.240. The Morgan fingerprint density at radius 1 is 1.15 bits per heavy atom. The molecule has 1 aliphatic rings. The zero-order valence-corrected chi connectivity index (χ0v) is 19.9. The first kappa shape index (κ1) is 22.9. The lowest BCUT2D eigenvalue weighted by atomic mass is 9.90. The zero-order valence-electron chi connectivity index (χ0n) is 18.3. The van der Waals surface area contributed by atoms with Crippen LogP contribution in [-0.4, -0.2) is 27.5 Å². The van der Waals surface area contributed by atoms with Gasteiger partial charge in [0.15, 0.2) is 11.5 Å². The highest BCUT2D eigenvalue weighted by Gasteiger charge is 2.34. The number of anilines is 1. The minimum absolute atomic E-state index is 0.112. The van der Waals surface area contributed by atoms with Crippen LogP contribution in [0, 0.1) is 19.3 Å². The summed E-state index contributed by atoms with van der Waals surface area (Å²) in [5.74, 6) is 2.94. The van der Waals surface area contributed by atoms with E-state index >= 15 is 0 Å². The maximum atomic E-state index is 13.3. The van der Waals surface area contributed by atoms with Crippen molar-refractivity contribution in [2.75, 3.05) is 18.5 Å². The molecule has 8 heteroatoms. The van der Waals surface area contributed by atoms with Gasteiger partial charge in [0.25, 0.3) is 0 Å². The third-order valence-electron chi connectivity index (χ3n) is 5.36. The molecule has 3 aromatic rings. The van der Waals surface area contributed by atoms with Gasteiger partial charge in [-0.25, -0.2) is 8.42 Å². The van der Waals surface area contributed by atoms with Crippen LogP contribution in [-0.2, 0) is 14.6 Å². The second-order valence-corrected chi connectivity index (χ2v) is 10.4. The number of amides is 1. The molecule has 0 unspecified atom stereocenters. The van der Waals surface area contributed by atoms with E-state index in [0.717, 1.165) is 16.0 Å². The van der Waals surface area contributed by atoms with Gasteiger partial charge in [-0.3, -0.25) is 4.79 Å². The number of terminal acetylenes is 1. The molecule has 0 saturated carbocycles. The molecule has 1 aromatic heterocycles. The predicted molar refractivity (Wildman–Crippen MR) is 128 cm³/mol. The first-order valence-electron chi connectivity index (χ1n) is 10.4. The molecule has 0 fully saturated rings. The molecule has 0 bridgehead atoms. The van der Waals surface area contributed by atoms with E-state index in [2.05, 4.69) is 11.2 Å². The molecular formula is C25H23NO5S2. The van der Waals surface area contributed by atoms with Crippen molar-refractivity contribution in [1.82, 2.24) is 0 Å².